The SMILES string of the molecule is CCCCCCCCCCC/C=C\CCCC(OC(=O)C=CCCCCCCCCCCCCCCC)C([O])=O. The van der Waals surface area contributed by atoms with Crippen molar-refractivity contribution in [3.63, 3.8) is 0 Å². The van der Waals surface area contributed by atoms with Crippen molar-refractivity contribution in [2.24, 2.45) is 0 Å². The van der Waals surface area contributed by atoms with Crippen LogP contribution in [-0.2, 0) is 19.4 Å². The maximum absolute atomic E-state index is 12.0. The van der Waals surface area contributed by atoms with Crippen LogP contribution in [0.2, 0.25) is 0 Å². The van der Waals surface area contributed by atoms with Gasteiger partial charge in [-0.25, -0.2) is 14.7 Å². The van der Waals surface area contributed by atoms with E-state index >= 15 is 0 Å². The number of allylic oxidation sites excluding steroid dienone is 3. The Bertz CT molecular complexity index is 610. The van der Waals surface area contributed by atoms with E-state index in [0.717, 1.165) is 25.7 Å². The first-order valence-electron chi connectivity index (χ1n) is 17.3. The average Bonchev–Trinajstić information content (AvgIpc) is 2.94. The summed E-state index contributed by atoms with van der Waals surface area (Å²) in [5.41, 5.74) is 0. The Kier molecular flexibility index (Phi) is 30.7. The van der Waals surface area contributed by atoms with Crippen LogP contribution in [-0.4, -0.2) is 18.0 Å². The largest absolute Gasteiger partial charge is 0.447 e. The molecule has 0 bridgehead atoms. The molecule has 1 atom stereocenters. The maximum Gasteiger partial charge on any atom is 0.395 e. The molecule has 0 rings (SSSR count). The van der Waals surface area contributed by atoms with Gasteiger partial charge in [0.05, 0.1) is 0 Å². The van der Waals surface area contributed by atoms with Crippen molar-refractivity contribution in [1.82, 2.24) is 0 Å². The summed E-state index contributed by atoms with van der Waals surface area (Å²) in [6.45, 7) is 4.52. The fourth-order valence-corrected chi connectivity index (χ4v) is 5.09. The van der Waals surface area contributed by atoms with E-state index in [0.29, 0.717) is 12.8 Å². The normalized spacial score (nSPS) is 12.4. The zero-order valence-electron chi connectivity index (χ0n) is 26.6. The topological polar surface area (TPSA) is 63.3 Å². The standard InChI is InChI=1S/C36H65O4/c1-3-5-7-9-11-13-15-17-19-21-23-25-27-29-31-33-35(37)40-34(36(38)39)32-30-28-26-24-22-20-18-16-14-12-10-8-6-4-2/h24,26,31,33-34H,3-23,25,27-30,32H2,1-2H3/b26-24-,33-31?. The number of hydrogen-bond acceptors (Lipinski definition) is 3. The van der Waals surface area contributed by atoms with Crippen molar-refractivity contribution in [1.29, 1.82) is 0 Å². The number of unbranched alkanes of at least 4 members (excludes halogenated alkanes) is 23. The predicted octanol–water partition coefficient (Wildman–Crippen LogP) is 11.5. The first-order chi connectivity index (χ1) is 19.6. The van der Waals surface area contributed by atoms with Crippen molar-refractivity contribution in [3.05, 3.63) is 24.3 Å². The lowest BCUT2D eigenvalue weighted by Crippen LogP contribution is -2.25. The Balaban J connectivity index is 3.67. The summed E-state index contributed by atoms with van der Waals surface area (Å²) in [5.74, 6) is -1.89. The van der Waals surface area contributed by atoms with Gasteiger partial charge in [-0.05, 0) is 44.9 Å². The highest BCUT2D eigenvalue weighted by Gasteiger charge is 2.22. The molecule has 0 fully saturated rings. The monoisotopic (exact) mass is 561 g/mol. The molecule has 1 radical (unpaired) electrons. The number of carbonyl (C=O) groups is 2. The predicted molar refractivity (Wildman–Crippen MR) is 170 cm³/mol. The van der Waals surface area contributed by atoms with Crippen molar-refractivity contribution in [3.8, 4) is 0 Å². The molecule has 4 nitrogen and oxygen atoms in total. The van der Waals surface area contributed by atoms with Crippen molar-refractivity contribution < 1.29 is 19.4 Å². The molecular weight excluding hydrogens is 496 g/mol. The lowest BCUT2D eigenvalue weighted by Gasteiger charge is -2.10. The van der Waals surface area contributed by atoms with Gasteiger partial charge in [0.1, 0.15) is 0 Å². The van der Waals surface area contributed by atoms with Gasteiger partial charge in [-0.2, -0.15) is 0 Å². The smallest absolute Gasteiger partial charge is 0.395 e. The van der Waals surface area contributed by atoms with E-state index in [1.807, 2.05) is 6.08 Å². The highest BCUT2D eigenvalue weighted by Crippen LogP contribution is 2.14. The van der Waals surface area contributed by atoms with Crippen molar-refractivity contribution in [2.75, 3.05) is 0 Å². The van der Waals surface area contributed by atoms with E-state index in [-0.39, 0.29) is 0 Å². The Morgan fingerprint density at radius 3 is 1.25 bits per heavy atom. The molecule has 0 aliphatic rings. The fraction of sp³-hybridized carbons (Fsp3) is 0.833. The third-order valence-corrected chi connectivity index (χ3v) is 7.73. The average molecular weight is 562 g/mol. The molecule has 40 heavy (non-hydrogen) atoms. The molecule has 0 aromatic heterocycles. The van der Waals surface area contributed by atoms with Gasteiger partial charge in [0.2, 0.25) is 6.10 Å². The van der Waals surface area contributed by atoms with Crippen LogP contribution in [0.15, 0.2) is 24.3 Å². The van der Waals surface area contributed by atoms with Gasteiger partial charge >= 0.3 is 11.9 Å². The summed E-state index contributed by atoms with van der Waals surface area (Å²) < 4.78 is 5.13. The summed E-state index contributed by atoms with van der Waals surface area (Å²) in [5, 5.41) is 11.4. The van der Waals surface area contributed by atoms with Crippen LogP contribution in [0.1, 0.15) is 187 Å². The molecule has 0 N–H and O–H groups in total. The van der Waals surface area contributed by atoms with Gasteiger partial charge < -0.3 is 4.74 Å². The van der Waals surface area contributed by atoms with E-state index in [2.05, 4.69) is 26.0 Å². The Morgan fingerprint density at radius 1 is 0.500 bits per heavy atom. The highest BCUT2D eigenvalue weighted by molar-refractivity contribution is 5.85. The second-order valence-corrected chi connectivity index (χ2v) is 11.7. The molecule has 0 aliphatic carbocycles. The zero-order valence-corrected chi connectivity index (χ0v) is 26.6. The van der Waals surface area contributed by atoms with Crippen LogP contribution in [0.25, 0.3) is 0 Å². The van der Waals surface area contributed by atoms with Gasteiger partial charge in [0.25, 0.3) is 0 Å². The van der Waals surface area contributed by atoms with E-state index in [4.69, 9.17) is 4.74 Å². The van der Waals surface area contributed by atoms with E-state index in [1.54, 1.807) is 0 Å². The summed E-state index contributed by atoms with van der Waals surface area (Å²) in [7, 11) is 0. The Hall–Kier alpha value is -1.58. The summed E-state index contributed by atoms with van der Waals surface area (Å²) in [4.78, 5) is 23.4. The number of rotatable bonds is 31. The second kappa shape index (κ2) is 31.9. The number of hydrogen-bond donors (Lipinski definition) is 0. The van der Waals surface area contributed by atoms with E-state index < -0.39 is 18.0 Å². The third-order valence-electron chi connectivity index (χ3n) is 7.73. The summed E-state index contributed by atoms with van der Waals surface area (Å²) >= 11 is 0. The van der Waals surface area contributed by atoms with Crippen LogP contribution >= 0.6 is 0 Å². The molecule has 0 aromatic rings. The number of ether oxygens (including phenoxy) is 1. The van der Waals surface area contributed by atoms with Crippen molar-refractivity contribution >= 4 is 11.9 Å². The highest BCUT2D eigenvalue weighted by atomic mass is 16.6. The third kappa shape index (κ3) is 29.4. The van der Waals surface area contributed by atoms with Crippen LogP contribution < -0.4 is 0 Å². The van der Waals surface area contributed by atoms with E-state index in [9.17, 15) is 14.7 Å². The van der Waals surface area contributed by atoms with Gasteiger partial charge in [-0.15, -0.1) is 0 Å². The molecule has 0 saturated heterocycles. The molecule has 0 aliphatic heterocycles. The quantitative estimate of drug-likeness (QED) is 0.0366. The van der Waals surface area contributed by atoms with Gasteiger partial charge in [0.15, 0.2) is 0 Å². The van der Waals surface area contributed by atoms with Crippen molar-refractivity contribution in [2.45, 2.75) is 193 Å². The molecule has 0 saturated carbocycles. The lowest BCUT2D eigenvalue weighted by molar-refractivity contribution is -0.165. The Morgan fingerprint density at radius 2 is 0.850 bits per heavy atom. The zero-order chi connectivity index (χ0) is 29.4. The summed E-state index contributed by atoms with van der Waals surface area (Å²) in [6, 6.07) is 0. The van der Waals surface area contributed by atoms with E-state index in [1.165, 1.54) is 141 Å². The van der Waals surface area contributed by atoms with Crippen LogP contribution in [0.4, 0.5) is 0 Å². The van der Waals surface area contributed by atoms with Gasteiger partial charge in [-0.3, -0.25) is 0 Å². The fourth-order valence-electron chi connectivity index (χ4n) is 5.09. The molecule has 0 aromatic carbocycles. The minimum Gasteiger partial charge on any atom is -0.447 e. The summed E-state index contributed by atoms with van der Waals surface area (Å²) in [6.07, 6.45) is 39.1. The number of carbonyl (C=O) groups excluding carboxylic acids is 2. The molecule has 233 valence electrons. The van der Waals surface area contributed by atoms with Crippen LogP contribution in [0, 0.1) is 0 Å². The van der Waals surface area contributed by atoms with Gasteiger partial charge in [0, 0.05) is 6.08 Å². The van der Waals surface area contributed by atoms with Crippen LogP contribution in [0.5, 0.6) is 0 Å². The number of esters is 1. The molecule has 0 spiro atoms. The molecular formula is C36H65O4. The molecule has 0 heterocycles. The minimum absolute atomic E-state index is 0.295. The maximum atomic E-state index is 12.0. The molecule has 0 amide bonds. The first kappa shape index (κ1) is 38.4. The Labute approximate surface area is 248 Å². The van der Waals surface area contributed by atoms with Gasteiger partial charge in [-0.1, -0.05) is 160 Å². The van der Waals surface area contributed by atoms with Crippen LogP contribution in [0.3, 0.4) is 0 Å². The first-order valence-corrected chi connectivity index (χ1v) is 17.3. The molecule has 4 heteroatoms. The minimum atomic E-state index is -1.31. The molecule has 1 unspecified atom stereocenters. The lowest BCUT2D eigenvalue weighted by atomic mass is 10.0. The second-order valence-electron chi connectivity index (χ2n) is 11.7.